The van der Waals surface area contributed by atoms with Gasteiger partial charge in [-0.2, -0.15) is 0 Å². The highest BCUT2D eigenvalue weighted by atomic mass is 28.3. The average Bonchev–Trinajstić information content (AvgIpc) is 2.86. The molecule has 0 spiro atoms. The largest absolute Gasteiger partial charge is 0.108 e. The number of hydrogen-bond acceptors (Lipinski definition) is 0. The van der Waals surface area contributed by atoms with Crippen LogP contribution in [0.4, 0.5) is 0 Å². The first-order valence-electron chi connectivity index (χ1n) is 7.11. The molecule has 0 aliphatic heterocycles. The SMILES string of the molecule is CCCCC1=C([Si](C)(C)c2ccccc2)CC=C1. The second kappa shape index (κ2) is 5.70. The predicted molar refractivity (Wildman–Crippen MR) is 83.9 cm³/mol. The minimum absolute atomic E-state index is 1.19. The zero-order valence-electron chi connectivity index (χ0n) is 11.9. The third-order valence-electron chi connectivity index (χ3n) is 4.08. The molecule has 0 fully saturated rings. The summed E-state index contributed by atoms with van der Waals surface area (Å²) in [6, 6.07) is 11.1. The van der Waals surface area contributed by atoms with Crippen LogP contribution in [0.1, 0.15) is 32.6 Å². The molecule has 1 aliphatic rings. The summed E-state index contributed by atoms with van der Waals surface area (Å²) in [5, 5.41) is 3.32. The van der Waals surface area contributed by atoms with Crippen LogP contribution in [0.25, 0.3) is 0 Å². The van der Waals surface area contributed by atoms with Gasteiger partial charge < -0.3 is 0 Å². The lowest BCUT2D eigenvalue weighted by Gasteiger charge is -2.26. The molecule has 0 heterocycles. The van der Waals surface area contributed by atoms with Crippen molar-refractivity contribution >= 4 is 13.3 Å². The van der Waals surface area contributed by atoms with Gasteiger partial charge in [-0.15, -0.1) is 0 Å². The van der Waals surface area contributed by atoms with Crippen LogP contribution < -0.4 is 5.19 Å². The first-order chi connectivity index (χ1) is 8.66. The van der Waals surface area contributed by atoms with E-state index in [1.165, 1.54) is 25.7 Å². The van der Waals surface area contributed by atoms with Gasteiger partial charge in [0.1, 0.15) is 8.07 Å². The Kier molecular flexibility index (Phi) is 4.23. The van der Waals surface area contributed by atoms with Crippen molar-refractivity contribution in [3.05, 3.63) is 53.3 Å². The molecule has 0 aromatic heterocycles. The lowest BCUT2D eigenvalue weighted by Crippen LogP contribution is -2.43. The van der Waals surface area contributed by atoms with Crippen LogP contribution in [-0.2, 0) is 0 Å². The molecular weight excluding hydrogens is 232 g/mol. The molecule has 2 rings (SSSR count). The monoisotopic (exact) mass is 256 g/mol. The topological polar surface area (TPSA) is 0 Å². The highest BCUT2D eigenvalue weighted by Crippen LogP contribution is 2.30. The van der Waals surface area contributed by atoms with Gasteiger partial charge >= 0.3 is 0 Å². The molecule has 18 heavy (non-hydrogen) atoms. The Hall–Kier alpha value is -1.08. The van der Waals surface area contributed by atoms with Crippen LogP contribution in [-0.4, -0.2) is 8.07 Å². The number of benzene rings is 1. The summed E-state index contributed by atoms with van der Waals surface area (Å²) in [7, 11) is -1.44. The van der Waals surface area contributed by atoms with Crippen LogP contribution in [0.15, 0.2) is 53.3 Å². The van der Waals surface area contributed by atoms with Gasteiger partial charge in [0.15, 0.2) is 0 Å². The molecule has 1 aromatic carbocycles. The average molecular weight is 256 g/mol. The van der Waals surface area contributed by atoms with E-state index in [1.54, 1.807) is 16.0 Å². The predicted octanol–water partition coefficient (Wildman–Crippen LogP) is 4.59. The Morgan fingerprint density at radius 2 is 1.83 bits per heavy atom. The van der Waals surface area contributed by atoms with Gasteiger partial charge in [-0.05, 0) is 19.3 Å². The summed E-state index contributed by atoms with van der Waals surface area (Å²) in [6.07, 6.45) is 9.81. The second-order valence-corrected chi connectivity index (χ2v) is 10.1. The Bertz CT molecular complexity index is 452. The molecule has 0 bridgehead atoms. The number of hydrogen-bond donors (Lipinski definition) is 0. The van der Waals surface area contributed by atoms with Gasteiger partial charge in [-0.25, -0.2) is 0 Å². The summed E-state index contributed by atoms with van der Waals surface area (Å²) >= 11 is 0. The molecular formula is C17H24Si. The first-order valence-corrected chi connectivity index (χ1v) is 10.1. The van der Waals surface area contributed by atoms with Gasteiger partial charge in [0, 0.05) is 0 Å². The summed E-state index contributed by atoms with van der Waals surface area (Å²) in [5.41, 5.74) is 1.64. The maximum Gasteiger partial charge on any atom is 0.108 e. The van der Waals surface area contributed by atoms with Gasteiger partial charge in [0.25, 0.3) is 0 Å². The molecule has 0 atom stereocenters. The van der Waals surface area contributed by atoms with Crippen LogP contribution in [0, 0.1) is 0 Å². The highest BCUT2D eigenvalue weighted by molar-refractivity contribution is 6.95. The molecule has 1 aromatic rings. The van der Waals surface area contributed by atoms with Crippen molar-refractivity contribution < 1.29 is 0 Å². The lowest BCUT2D eigenvalue weighted by atomic mass is 10.1. The molecule has 0 unspecified atom stereocenters. The Morgan fingerprint density at radius 1 is 1.11 bits per heavy atom. The molecule has 0 saturated carbocycles. The summed E-state index contributed by atoms with van der Waals surface area (Å²) in [5.74, 6) is 0. The molecule has 96 valence electrons. The minimum atomic E-state index is -1.44. The van der Waals surface area contributed by atoms with Crippen molar-refractivity contribution in [2.75, 3.05) is 0 Å². The third kappa shape index (κ3) is 2.67. The smallest absolute Gasteiger partial charge is 0.0806 e. The number of allylic oxidation sites excluding steroid dienone is 4. The maximum absolute atomic E-state index is 2.50. The van der Waals surface area contributed by atoms with Crippen molar-refractivity contribution in [3.8, 4) is 0 Å². The Balaban J connectivity index is 2.29. The van der Waals surface area contributed by atoms with Crippen LogP contribution >= 0.6 is 0 Å². The van der Waals surface area contributed by atoms with Crippen LogP contribution in [0.5, 0.6) is 0 Å². The summed E-state index contributed by atoms with van der Waals surface area (Å²) < 4.78 is 0. The molecule has 0 N–H and O–H groups in total. The van der Waals surface area contributed by atoms with E-state index in [1.807, 2.05) is 0 Å². The molecule has 0 amide bonds. The van der Waals surface area contributed by atoms with Gasteiger partial charge in [0.05, 0.1) is 0 Å². The van der Waals surface area contributed by atoms with Crippen molar-refractivity contribution in [3.63, 3.8) is 0 Å². The minimum Gasteiger partial charge on any atom is -0.0806 e. The number of unbranched alkanes of at least 4 members (excludes halogenated alkanes) is 1. The van der Waals surface area contributed by atoms with Crippen molar-refractivity contribution in [1.82, 2.24) is 0 Å². The zero-order chi connectivity index (χ0) is 13.0. The fourth-order valence-electron chi connectivity index (χ4n) is 2.84. The van der Waals surface area contributed by atoms with Gasteiger partial charge in [0.2, 0.25) is 0 Å². The van der Waals surface area contributed by atoms with E-state index < -0.39 is 8.07 Å². The molecule has 0 saturated heterocycles. The molecule has 0 radical (unpaired) electrons. The van der Waals surface area contributed by atoms with E-state index in [-0.39, 0.29) is 0 Å². The van der Waals surface area contributed by atoms with E-state index in [4.69, 9.17) is 0 Å². The summed E-state index contributed by atoms with van der Waals surface area (Å²) in [4.78, 5) is 0. The fourth-order valence-corrected chi connectivity index (χ4v) is 5.85. The van der Waals surface area contributed by atoms with E-state index in [0.717, 1.165) is 0 Å². The van der Waals surface area contributed by atoms with Crippen LogP contribution in [0.2, 0.25) is 13.1 Å². The fraction of sp³-hybridized carbons (Fsp3) is 0.412. The van der Waals surface area contributed by atoms with Crippen molar-refractivity contribution in [2.45, 2.75) is 45.7 Å². The van der Waals surface area contributed by atoms with Gasteiger partial charge in [-0.3, -0.25) is 0 Å². The van der Waals surface area contributed by atoms with Gasteiger partial charge in [-0.1, -0.05) is 84.9 Å². The van der Waals surface area contributed by atoms with E-state index >= 15 is 0 Å². The molecule has 1 heteroatoms. The van der Waals surface area contributed by atoms with E-state index in [9.17, 15) is 0 Å². The first kappa shape index (κ1) is 13.4. The molecule has 1 aliphatic carbocycles. The maximum atomic E-state index is 2.50. The normalized spacial score (nSPS) is 15.5. The number of rotatable bonds is 5. The van der Waals surface area contributed by atoms with Crippen molar-refractivity contribution in [1.29, 1.82) is 0 Å². The highest BCUT2D eigenvalue weighted by Gasteiger charge is 2.30. The van der Waals surface area contributed by atoms with Crippen LogP contribution in [0.3, 0.4) is 0 Å². The quantitative estimate of drug-likeness (QED) is 0.676. The Morgan fingerprint density at radius 3 is 2.50 bits per heavy atom. The van der Waals surface area contributed by atoms with E-state index in [2.05, 4.69) is 62.5 Å². The lowest BCUT2D eigenvalue weighted by molar-refractivity contribution is 0.797. The van der Waals surface area contributed by atoms with E-state index in [0.29, 0.717) is 0 Å². The molecule has 0 nitrogen and oxygen atoms in total. The summed E-state index contributed by atoms with van der Waals surface area (Å²) in [6.45, 7) is 7.27. The Labute approximate surface area is 112 Å². The zero-order valence-corrected chi connectivity index (χ0v) is 12.9. The second-order valence-electron chi connectivity index (χ2n) is 5.70. The van der Waals surface area contributed by atoms with Crippen molar-refractivity contribution in [2.24, 2.45) is 0 Å². The standard InChI is InChI=1S/C17H24Si/c1-4-5-10-15-11-9-14-17(15)18(2,3)16-12-7-6-8-13-16/h6-9,11-13H,4-5,10,14H2,1-3H3. The third-order valence-corrected chi connectivity index (χ3v) is 7.89.